The summed E-state index contributed by atoms with van der Waals surface area (Å²) >= 11 is 0. The molecule has 62 valence electrons. The van der Waals surface area contributed by atoms with Crippen LogP contribution >= 0.6 is 0 Å². The van der Waals surface area contributed by atoms with Gasteiger partial charge in [0.1, 0.15) is 0 Å². The average Bonchev–Trinajstić information content (AvgIpc) is 1.83. The van der Waals surface area contributed by atoms with Crippen molar-refractivity contribution in [2.45, 2.75) is 6.42 Å². The maximum Gasteiger partial charge on any atom is 0.417 e. The molecular formula is C5H9N3O3. The first-order chi connectivity index (χ1) is 5.24. The van der Waals surface area contributed by atoms with Crippen LogP contribution in [-0.4, -0.2) is 35.3 Å². The number of rotatable bonds is 0. The Morgan fingerprint density at radius 1 is 1.64 bits per heavy atom. The number of nitrogens with two attached hydrogens (primary N) is 1. The van der Waals surface area contributed by atoms with Gasteiger partial charge in [-0.05, 0) is 11.6 Å². The number of oxime groups is 1. The van der Waals surface area contributed by atoms with Crippen LogP contribution in [0.15, 0.2) is 5.16 Å². The summed E-state index contributed by atoms with van der Waals surface area (Å²) in [6.45, 7) is 1.36. The lowest BCUT2D eigenvalue weighted by Gasteiger charge is -2.28. The summed E-state index contributed by atoms with van der Waals surface area (Å²) in [6, 6.07) is -0.526. The molecule has 6 heteroatoms. The molecule has 1 amide bonds. The van der Waals surface area contributed by atoms with Crippen molar-refractivity contribution < 1.29 is 14.7 Å². The fourth-order valence-corrected chi connectivity index (χ4v) is 0.673. The molecule has 6 nitrogen and oxygen atoms in total. The van der Waals surface area contributed by atoms with E-state index in [9.17, 15) is 4.79 Å². The van der Waals surface area contributed by atoms with E-state index in [0.717, 1.165) is 6.42 Å². The minimum atomic E-state index is -0.563. The summed E-state index contributed by atoms with van der Waals surface area (Å²) in [6.07, 6.45) is 0.414. The Bertz CT molecular complexity index is 187. The van der Waals surface area contributed by atoms with Gasteiger partial charge in [-0.15, -0.1) is 0 Å². The highest BCUT2D eigenvalue weighted by Gasteiger charge is 2.22. The summed E-state index contributed by atoms with van der Waals surface area (Å²) in [5, 5.41) is 10.5. The van der Waals surface area contributed by atoms with Gasteiger partial charge in [0.2, 0.25) is 0 Å². The highest BCUT2D eigenvalue weighted by molar-refractivity contribution is 5.85. The summed E-state index contributed by atoms with van der Waals surface area (Å²) in [5.74, 6) is 0. The molecule has 0 aromatic carbocycles. The number of ether oxygens (including phenoxy) is 1. The van der Waals surface area contributed by atoms with Crippen LogP contribution in [0.1, 0.15) is 6.42 Å². The van der Waals surface area contributed by atoms with Crippen LogP contribution in [0, 0.1) is 0 Å². The normalized spacial score (nSPS) is 17.5. The molecule has 3 N–H and O–H groups in total. The number of amidine groups is 1. The van der Waals surface area contributed by atoms with Crippen molar-refractivity contribution in [1.29, 1.82) is 0 Å². The number of hydrogen-bond acceptors (Lipinski definition) is 4. The van der Waals surface area contributed by atoms with E-state index in [1.165, 1.54) is 4.90 Å². The number of hydrogen-bond donors (Lipinski definition) is 2. The third-order valence-corrected chi connectivity index (χ3v) is 1.40. The zero-order valence-electron chi connectivity index (χ0n) is 5.86. The van der Waals surface area contributed by atoms with Crippen LogP contribution in [0.2, 0.25) is 0 Å². The first-order valence-corrected chi connectivity index (χ1v) is 3.18. The van der Waals surface area contributed by atoms with E-state index in [1.807, 2.05) is 0 Å². The number of nitrogens with zero attached hydrogens (tertiary/aromatic N) is 2. The van der Waals surface area contributed by atoms with Crippen molar-refractivity contribution in [3.8, 4) is 0 Å². The predicted molar refractivity (Wildman–Crippen MR) is 36.1 cm³/mol. The third kappa shape index (κ3) is 1.73. The standard InChI is InChI=1S/C5H9N3O3/c6-4(7-10)11-5(9)8-2-1-3-8/h10H,1-3H2,(H2,6,7). The maximum absolute atomic E-state index is 10.8. The molecule has 0 aromatic heterocycles. The van der Waals surface area contributed by atoms with Gasteiger partial charge in [0, 0.05) is 13.1 Å². The second kappa shape index (κ2) is 3.09. The molecule has 0 unspecified atom stereocenters. The highest BCUT2D eigenvalue weighted by Crippen LogP contribution is 2.06. The van der Waals surface area contributed by atoms with E-state index in [1.54, 1.807) is 0 Å². The van der Waals surface area contributed by atoms with E-state index < -0.39 is 12.1 Å². The minimum absolute atomic E-state index is 0.526. The number of carbonyl (C=O) groups excluding carboxylic acids is 1. The van der Waals surface area contributed by atoms with Crippen LogP contribution in [0.25, 0.3) is 0 Å². The summed E-state index contributed by atoms with van der Waals surface area (Å²) in [5.41, 5.74) is 4.92. The quantitative estimate of drug-likeness (QED) is 0.216. The zero-order valence-corrected chi connectivity index (χ0v) is 5.86. The van der Waals surface area contributed by atoms with Gasteiger partial charge >= 0.3 is 12.1 Å². The van der Waals surface area contributed by atoms with Crippen LogP contribution in [0.4, 0.5) is 4.79 Å². The molecule has 0 spiro atoms. The summed E-state index contributed by atoms with van der Waals surface area (Å²) in [7, 11) is 0. The van der Waals surface area contributed by atoms with Gasteiger partial charge in [-0.3, -0.25) is 0 Å². The van der Waals surface area contributed by atoms with E-state index in [0.29, 0.717) is 13.1 Å². The first-order valence-electron chi connectivity index (χ1n) is 3.18. The average molecular weight is 159 g/mol. The molecule has 1 fully saturated rings. The smallest absolute Gasteiger partial charge is 0.407 e. The number of carbonyl (C=O) groups is 1. The van der Waals surface area contributed by atoms with Gasteiger partial charge in [-0.25, -0.2) is 4.79 Å². The number of amides is 1. The Morgan fingerprint density at radius 3 is 2.64 bits per heavy atom. The third-order valence-electron chi connectivity index (χ3n) is 1.40. The molecule has 1 aliphatic heterocycles. The lowest BCUT2D eigenvalue weighted by atomic mass is 10.2. The molecule has 1 rings (SSSR count). The van der Waals surface area contributed by atoms with Crippen LogP contribution < -0.4 is 5.73 Å². The van der Waals surface area contributed by atoms with E-state index in [-0.39, 0.29) is 0 Å². The van der Waals surface area contributed by atoms with Gasteiger partial charge in [-0.2, -0.15) is 0 Å². The highest BCUT2D eigenvalue weighted by atomic mass is 16.6. The molecule has 1 saturated heterocycles. The molecule has 0 aliphatic carbocycles. The van der Waals surface area contributed by atoms with Crippen molar-refractivity contribution >= 4 is 12.1 Å². The Labute approximate surface area is 63.2 Å². The van der Waals surface area contributed by atoms with Crippen molar-refractivity contribution in [2.24, 2.45) is 10.9 Å². The monoisotopic (exact) mass is 159 g/mol. The van der Waals surface area contributed by atoms with Crippen LogP contribution in [0.5, 0.6) is 0 Å². The second-order valence-electron chi connectivity index (χ2n) is 2.15. The van der Waals surface area contributed by atoms with Crippen LogP contribution in [0.3, 0.4) is 0 Å². The molecule has 0 radical (unpaired) electrons. The molecule has 1 aliphatic rings. The maximum atomic E-state index is 10.8. The van der Waals surface area contributed by atoms with Gasteiger partial charge in [0.25, 0.3) is 0 Å². The molecular weight excluding hydrogens is 150 g/mol. The zero-order chi connectivity index (χ0) is 8.27. The lowest BCUT2D eigenvalue weighted by Crippen LogP contribution is -2.44. The fraction of sp³-hybridized carbons (Fsp3) is 0.600. The Balaban J connectivity index is 2.30. The van der Waals surface area contributed by atoms with Crippen molar-refractivity contribution in [3.63, 3.8) is 0 Å². The summed E-state index contributed by atoms with van der Waals surface area (Å²) < 4.78 is 4.37. The van der Waals surface area contributed by atoms with Gasteiger partial charge in [0.15, 0.2) is 0 Å². The van der Waals surface area contributed by atoms with Crippen LogP contribution in [-0.2, 0) is 4.74 Å². The Kier molecular flexibility index (Phi) is 2.15. The summed E-state index contributed by atoms with van der Waals surface area (Å²) in [4.78, 5) is 12.3. The lowest BCUT2D eigenvalue weighted by molar-refractivity contribution is 0.118. The van der Waals surface area contributed by atoms with Crippen molar-refractivity contribution in [1.82, 2.24) is 4.90 Å². The van der Waals surface area contributed by atoms with E-state index in [2.05, 4.69) is 9.89 Å². The minimum Gasteiger partial charge on any atom is -0.407 e. The first kappa shape index (κ1) is 7.64. The van der Waals surface area contributed by atoms with Gasteiger partial charge < -0.3 is 20.6 Å². The van der Waals surface area contributed by atoms with E-state index in [4.69, 9.17) is 10.9 Å². The molecule has 1 heterocycles. The largest absolute Gasteiger partial charge is 0.417 e. The van der Waals surface area contributed by atoms with E-state index >= 15 is 0 Å². The number of likely N-dealkylation sites (tertiary alicyclic amines) is 1. The SMILES string of the molecule is NC(=NO)OC(=O)N1CCC1. The van der Waals surface area contributed by atoms with Gasteiger partial charge in [0.05, 0.1) is 0 Å². The fourth-order valence-electron chi connectivity index (χ4n) is 0.673. The van der Waals surface area contributed by atoms with Gasteiger partial charge in [-0.1, -0.05) is 0 Å². The predicted octanol–water partition coefficient (Wildman–Crippen LogP) is -0.467. The topological polar surface area (TPSA) is 88.1 Å². The molecule has 0 saturated carbocycles. The second-order valence-corrected chi connectivity index (χ2v) is 2.15. The molecule has 0 atom stereocenters. The van der Waals surface area contributed by atoms with Crippen molar-refractivity contribution in [2.75, 3.05) is 13.1 Å². The molecule has 11 heavy (non-hydrogen) atoms. The van der Waals surface area contributed by atoms with Crippen molar-refractivity contribution in [3.05, 3.63) is 0 Å². The molecule has 0 aromatic rings. The Hall–Kier alpha value is -1.46. The Morgan fingerprint density at radius 2 is 2.27 bits per heavy atom. The molecule has 0 bridgehead atoms.